The molecule has 0 bridgehead atoms. The van der Waals surface area contributed by atoms with Crippen molar-refractivity contribution in [2.24, 2.45) is 0 Å². The molecule has 0 radical (unpaired) electrons. The van der Waals surface area contributed by atoms with E-state index in [1.165, 1.54) is 0 Å². The van der Waals surface area contributed by atoms with Crippen LogP contribution < -0.4 is 5.32 Å². The van der Waals surface area contributed by atoms with Gasteiger partial charge in [-0.05, 0) is 69.5 Å². The molecular weight excluding hydrogens is 623 g/mol. The lowest BCUT2D eigenvalue weighted by Gasteiger charge is -2.44. The van der Waals surface area contributed by atoms with E-state index in [2.05, 4.69) is 73.0 Å². The van der Waals surface area contributed by atoms with Crippen LogP contribution >= 0.6 is 0 Å². The molecule has 0 spiro atoms. The van der Waals surface area contributed by atoms with Crippen molar-refractivity contribution < 1.29 is 42.1 Å². The molecule has 1 N–H and O–H groups in total. The molecule has 0 aliphatic carbocycles. The van der Waals surface area contributed by atoms with Crippen molar-refractivity contribution in [2.75, 3.05) is 6.61 Å². The lowest BCUT2D eigenvalue weighted by Crippen LogP contribution is -2.62. The molecule has 262 valence electrons. The maximum Gasteiger partial charge on any atom is 0.407 e. The van der Waals surface area contributed by atoms with Crippen LogP contribution in [0.1, 0.15) is 74.8 Å². The number of amides is 1. The molecule has 3 aliphatic heterocycles. The summed E-state index contributed by atoms with van der Waals surface area (Å²) in [6, 6.07) is 8.83. The molecule has 0 saturated carbocycles. The molecule has 3 aliphatic rings. The first-order chi connectivity index (χ1) is 20.9. The van der Waals surface area contributed by atoms with Crippen molar-refractivity contribution in [3.63, 3.8) is 0 Å². The summed E-state index contributed by atoms with van der Waals surface area (Å²) < 4.78 is 52.1. The van der Waals surface area contributed by atoms with Crippen molar-refractivity contribution in [1.82, 2.24) is 5.32 Å². The first-order valence-electron chi connectivity index (χ1n) is 16.6. The fourth-order valence-corrected chi connectivity index (χ4v) is 7.93. The molecule has 46 heavy (non-hydrogen) atoms. The minimum atomic E-state index is -2.44. The molecule has 3 saturated heterocycles. The van der Waals surface area contributed by atoms with Gasteiger partial charge in [0.25, 0.3) is 0 Å². The lowest BCUT2D eigenvalue weighted by molar-refractivity contribution is -0.223. The van der Waals surface area contributed by atoms with Gasteiger partial charge in [0, 0.05) is 0 Å². The van der Waals surface area contributed by atoms with E-state index in [4.69, 9.17) is 37.3 Å². The second-order valence-electron chi connectivity index (χ2n) is 16.9. The zero-order chi connectivity index (χ0) is 34.5. The molecule has 0 unspecified atom stereocenters. The number of hydrogen-bond acceptors (Lipinski definition) is 9. The summed E-state index contributed by atoms with van der Waals surface area (Å²) in [7, 11) is -4.74. The lowest BCUT2D eigenvalue weighted by atomic mass is 9.95. The van der Waals surface area contributed by atoms with Crippen molar-refractivity contribution in [3.05, 3.63) is 35.9 Å². The average molecular weight is 682 g/mol. The van der Waals surface area contributed by atoms with Crippen molar-refractivity contribution in [2.45, 2.75) is 167 Å². The minimum Gasteiger partial charge on any atom is -0.445 e. The van der Waals surface area contributed by atoms with Crippen LogP contribution in [-0.4, -0.2) is 83.8 Å². The van der Waals surface area contributed by atoms with E-state index in [1.54, 1.807) is 0 Å². The average Bonchev–Trinajstić information content (AvgIpc) is 3.53. The SMILES string of the molecule is CC1(C)O[C@@H]2[C@H](O1)[C@@H](O[Si](C)(C)C(C)(C)C)O[C@H]2[C@H](NC(=O)OCc1ccccc1)[C@H](O[Si](C)(C)C(C)(C)C)[C@H]1COC(C)(C)O1. The fraction of sp³-hybridized carbons (Fsp3) is 0.794. The monoisotopic (exact) mass is 681 g/mol. The summed E-state index contributed by atoms with van der Waals surface area (Å²) in [5.41, 5.74) is 0.881. The quantitative estimate of drug-likeness (QED) is 0.259. The molecule has 3 heterocycles. The highest BCUT2D eigenvalue weighted by Crippen LogP contribution is 2.46. The van der Waals surface area contributed by atoms with Gasteiger partial charge in [0.2, 0.25) is 0 Å². The van der Waals surface area contributed by atoms with Gasteiger partial charge in [-0.15, -0.1) is 0 Å². The number of ether oxygens (including phenoxy) is 6. The number of carbonyl (C=O) groups excluding carboxylic acids is 1. The fourth-order valence-electron chi connectivity index (χ4n) is 5.47. The molecule has 0 aromatic heterocycles. The van der Waals surface area contributed by atoms with E-state index in [-0.39, 0.29) is 23.3 Å². The number of fused-ring (bicyclic) bond motifs is 1. The second kappa shape index (κ2) is 13.2. The predicted octanol–water partition coefficient (Wildman–Crippen LogP) is 7.09. The Labute approximate surface area is 278 Å². The van der Waals surface area contributed by atoms with Gasteiger partial charge in [0.1, 0.15) is 31.0 Å². The van der Waals surface area contributed by atoms with Crippen LogP contribution in [-0.2, 0) is 43.9 Å². The Hall–Kier alpha value is -1.36. The van der Waals surface area contributed by atoms with Gasteiger partial charge in [-0.1, -0.05) is 71.9 Å². The minimum absolute atomic E-state index is 0.0631. The molecule has 10 nitrogen and oxygen atoms in total. The molecule has 1 amide bonds. The van der Waals surface area contributed by atoms with Crippen LogP contribution in [0.5, 0.6) is 0 Å². The Morgan fingerprint density at radius 1 is 0.891 bits per heavy atom. The van der Waals surface area contributed by atoms with Crippen LogP contribution in [0.15, 0.2) is 30.3 Å². The number of carbonyl (C=O) groups is 1. The van der Waals surface area contributed by atoms with Crippen LogP contribution in [0.25, 0.3) is 0 Å². The molecule has 7 atom stereocenters. The Kier molecular flexibility index (Phi) is 10.7. The Morgan fingerprint density at radius 2 is 1.48 bits per heavy atom. The standard InChI is InChI=1S/C34H59NO9Si2/c1-31(2,3)45(11,12)43-25(23-21-38-33(7,8)40-23)24(35-30(36)37-20-22-18-16-15-17-19-22)26-27-28(42-34(9,10)41-27)29(39-26)44-46(13,14)32(4,5)6/h15-19,23-29H,20-21H2,1-14H3,(H,35,36)/t23-,24-,25-,26+,27+,28+,29-/m1/s1. The maximum absolute atomic E-state index is 13.7. The van der Waals surface area contributed by atoms with Crippen LogP contribution in [0.3, 0.4) is 0 Å². The molecule has 1 aromatic rings. The van der Waals surface area contributed by atoms with E-state index >= 15 is 0 Å². The predicted molar refractivity (Wildman–Crippen MR) is 181 cm³/mol. The molecule has 1 aromatic carbocycles. The Bertz CT molecular complexity index is 1200. The molecule has 3 fully saturated rings. The van der Waals surface area contributed by atoms with Crippen LogP contribution in [0.4, 0.5) is 4.79 Å². The molecule has 12 heteroatoms. The third-order valence-electron chi connectivity index (χ3n) is 10.1. The van der Waals surface area contributed by atoms with Gasteiger partial charge < -0.3 is 42.6 Å². The third kappa shape index (κ3) is 8.62. The summed E-state index contributed by atoms with van der Waals surface area (Å²) in [6.45, 7) is 29.8. The number of alkyl carbamates (subject to hydrolysis) is 1. The van der Waals surface area contributed by atoms with Gasteiger partial charge in [-0.3, -0.25) is 0 Å². The van der Waals surface area contributed by atoms with Gasteiger partial charge in [0.05, 0.1) is 18.8 Å². The van der Waals surface area contributed by atoms with Crippen molar-refractivity contribution >= 4 is 22.7 Å². The highest BCUT2D eigenvalue weighted by molar-refractivity contribution is 6.74. The van der Waals surface area contributed by atoms with Crippen molar-refractivity contribution in [1.29, 1.82) is 0 Å². The summed E-state index contributed by atoms with van der Waals surface area (Å²) >= 11 is 0. The van der Waals surface area contributed by atoms with Crippen LogP contribution in [0, 0.1) is 0 Å². The third-order valence-corrected chi connectivity index (χ3v) is 19.0. The first kappa shape index (κ1) is 37.5. The van der Waals surface area contributed by atoms with Crippen LogP contribution in [0.2, 0.25) is 36.3 Å². The topological polar surface area (TPSA) is 103 Å². The summed E-state index contributed by atoms with van der Waals surface area (Å²) in [4.78, 5) is 13.7. The van der Waals surface area contributed by atoms with E-state index in [0.717, 1.165) is 5.56 Å². The van der Waals surface area contributed by atoms with Gasteiger partial charge in [-0.25, -0.2) is 4.79 Å². The zero-order valence-electron chi connectivity index (χ0n) is 30.5. The zero-order valence-corrected chi connectivity index (χ0v) is 32.5. The Morgan fingerprint density at radius 3 is 2.02 bits per heavy atom. The maximum atomic E-state index is 13.7. The highest BCUT2D eigenvalue weighted by atomic mass is 28.4. The summed E-state index contributed by atoms with van der Waals surface area (Å²) in [5, 5.41) is 2.97. The van der Waals surface area contributed by atoms with E-state index in [1.807, 2.05) is 58.0 Å². The molecular formula is C34H59NO9Si2. The number of rotatable bonds is 10. The number of benzene rings is 1. The summed E-state index contributed by atoms with van der Waals surface area (Å²) in [6.07, 6.45) is -4.21. The summed E-state index contributed by atoms with van der Waals surface area (Å²) in [5.74, 6) is -1.70. The second-order valence-corrected chi connectivity index (χ2v) is 26.4. The van der Waals surface area contributed by atoms with Gasteiger partial charge >= 0.3 is 6.09 Å². The largest absolute Gasteiger partial charge is 0.445 e. The Balaban J connectivity index is 1.74. The number of hydrogen-bond donors (Lipinski definition) is 1. The highest BCUT2D eigenvalue weighted by Gasteiger charge is 2.62. The van der Waals surface area contributed by atoms with Crippen molar-refractivity contribution in [3.8, 4) is 0 Å². The van der Waals surface area contributed by atoms with Gasteiger partial charge in [0.15, 0.2) is 34.5 Å². The smallest absolute Gasteiger partial charge is 0.407 e. The molecule has 4 rings (SSSR count). The van der Waals surface area contributed by atoms with E-state index in [0.29, 0.717) is 0 Å². The van der Waals surface area contributed by atoms with Gasteiger partial charge in [-0.2, -0.15) is 0 Å². The number of nitrogens with one attached hydrogen (secondary N) is 1. The normalized spacial score (nSPS) is 29.3. The van der Waals surface area contributed by atoms with E-state index in [9.17, 15) is 4.79 Å². The first-order valence-corrected chi connectivity index (χ1v) is 22.4. The van der Waals surface area contributed by atoms with E-state index < -0.39 is 77.2 Å².